The van der Waals surface area contributed by atoms with Crippen LogP contribution in [0, 0.1) is 0 Å². The van der Waals surface area contributed by atoms with Gasteiger partial charge in [0.2, 0.25) is 0 Å². The smallest absolute Gasteiger partial charge is 0.123 e. The molecule has 1 heterocycles. The van der Waals surface area contributed by atoms with Crippen molar-refractivity contribution >= 4 is 5.69 Å². The molecule has 0 spiro atoms. The number of hydrogen-bond acceptors (Lipinski definition) is 5. The molecule has 0 radical (unpaired) electrons. The fourth-order valence-corrected chi connectivity index (χ4v) is 3.00. The molecule has 0 amide bonds. The molecule has 1 saturated heterocycles. The number of likely N-dealkylation sites (tertiary alicyclic amines) is 1. The fraction of sp³-hybridized carbons (Fsp3) is 0.625. The third kappa shape index (κ3) is 4.33. The van der Waals surface area contributed by atoms with Gasteiger partial charge in [-0.25, -0.2) is 0 Å². The average molecular weight is 293 g/mol. The largest absolute Gasteiger partial charge is 0.494 e. The van der Waals surface area contributed by atoms with Gasteiger partial charge in [0, 0.05) is 36.9 Å². The van der Waals surface area contributed by atoms with E-state index >= 15 is 0 Å². The number of rotatable bonds is 6. The van der Waals surface area contributed by atoms with Crippen LogP contribution in [0.1, 0.15) is 18.9 Å². The van der Waals surface area contributed by atoms with Crippen LogP contribution in [0.3, 0.4) is 0 Å². The first kappa shape index (κ1) is 16.1. The highest BCUT2D eigenvalue weighted by Gasteiger charge is 2.31. The number of aliphatic hydroxyl groups excluding tert-OH is 1. The van der Waals surface area contributed by atoms with Crippen LogP contribution in [-0.4, -0.2) is 60.8 Å². The molecule has 1 aliphatic heterocycles. The Morgan fingerprint density at radius 2 is 2.19 bits per heavy atom. The summed E-state index contributed by atoms with van der Waals surface area (Å²) >= 11 is 0. The monoisotopic (exact) mass is 293 g/mol. The van der Waals surface area contributed by atoms with Gasteiger partial charge < -0.3 is 20.5 Å². The van der Waals surface area contributed by atoms with E-state index in [4.69, 9.17) is 10.5 Å². The highest BCUT2D eigenvalue weighted by atomic mass is 16.5. The zero-order chi connectivity index (χ0) is 15.4. The second-order valence-corrected chi connectivity index (χ2v) is 6.04. The Hall–Kier alpha value is -1.30. The molecular weight excluding hydrogens is 266 g/mol. The number of ether oxygens (including phenoxy) is 1. The van der Waals surface area contributed by atoms with Crippen molar-refractivity contribution in [1.29, 1.82) is 0 Å². The van der Waals surface area contributed by atoms with Crippen molar-refractivity contribution in [3.8, 4) is 5.75 Å². The van der Waals surface area contributed by atoms with Crippen LogP contribution in [0.5, 0.6) is 5.75 Å². The predicted molar refractivity (Wildman–Crippen MR) is 85.4 cm³/mol. The zero-order valence-electron chi connectivity index (χ0n) is 13.2. The van der Waals surface area contributed by atoms with Crippen molar-refractivity contribution in [2.75, 3.05) is 39.5 Å². The molecule has 1 fully saturated rings. The van der Waals surface area contributed by atoms with E-state index in [1.54, 1.807) is 0 Å². The fourth-order valence-electron chi connectivity index (χ4n) is 3.00. The molecular formula is C16H27N3O2. The maximum Gasteiger partial charge on any atom is 0.123 e. The van der Waals surface area contributed by atoms with Gasteiger partial charge in [-0.05, 0) is 45.6 Å². The summed E-state index contributed by atoms with van der Waals surface area (Å²) in [6.07, 6.45) is 0.580. The van der Waals surface area contributed by atoms with Gasteiger partial charge >= 0.3 is 0 Å². The molecule has 2 rings (SSSR count). The summed E-state index contributed by atoms with van der Waals surface area (Å²) in [5.74, 6) is 0.886. The number of nitrogens with zero attached hydrogens (tertiary/aromatic N) is 2. The van der Waals surface area contributed by atoms with E-state index in [0.29, 0.717) is 19.2 Å². The Morgan fingerprint density at radius 1 is 1.43 bits per heavy atom. The van der Waals surface area contributed by atoms with Crippen molar-refractivity contribution in [2.45, 2.75) is 32.0 Å². The summed E-state index contributed by atoms with van der Waals surface area (Å²) in [6, 6.07) is 6.14. The SMILES string of the molecule is CCOc1ccc(N)cc1CN1CC(O)CC1CN(C)C. The lowest BCUT2D eigenvalue weighted by Gasteiger charge is -2.27. The van der Waals surface area contributed by atoms with Crippen LogP contribution in [0.15, 0.2) is 18.2 Å². The predicted octanol–water partition coefficient (Wildman–Crippen LogP) is 1.16. The molecule has 1 aliphatic rings. The molecule has 1 aromatic carbocycles. The molecule has 5 nitrogen and oxygen atoms in total. The van der Waals surface area contributed by atoms with Crippen LogP contribution in [0.25, 0.3) is 0 Å². The number of β-amino-alcohol motifs (C(OH)–C–C–N with tert-alkyl or cyclic N) is 1. The summed E-state index contributed by atoms with van der Waals surface area (Å²) in [5, 5.41) is 9.97. The van der Waals surface area contributed by atoms with E-state index in [1.165, 1.54) is 0 Å². The van der Waals surface area contributed by atoms with Crippen molar-refractivity contribution in [3.05, 3.63) is 23.8 Å². The highest BCUT2D eigenvalue weighted by molar-refractivity contribution is 5.47. The first-order valence-electron chi connectivity index (χ1n) is 7.57. The summed E-state index contributed by atoms with van der Waals surface area (Å²) < 4.78 is 5.69. The summed E-state index contributed by atoms with van der Waals surface area (Å²) in [4.78, 5) is 4.49. The zero-order valence-corrected chi connectivity index (χ0v) is 13.2. The third-order valence-electron chi connectivity index (χ3n) is 3.84. The van der Waals surface area contributed by atoms with E-state index in [9.17, 15) is 5.11 Å². The first-order valence-corrected chi connectivity index (χ1v) is 7.57. The van der Waals surface area contributed by atoms with Gasteiger partial charge in [-0.2, -0.15) is 0 Å². The third-order valence-corrected chi connectivity index (χ3v) is 3.84. The van der Waals surface area contributed by atoms with Crippen molar-refractivity contribution in [1.82, 2.24) is 9.80 Å². The van der Waals surface area contributed by atoms with Crippen LogP contribution >= 0.6 is 0 Å². The van der Waals surface area contributed by atoms with Gasteiger partial charge in [0.15, 0.2) is 0 Å². The highest BCUT2D eigenvalue weighted by Crippen LogP contribution is 2.27. The summed E-state index contributed by atoms with van der Waals surface area (Å²) in [5.41, 5.74) is 7.75. The number of anilines is 1. The van der Waals surface area contributed by atoms with E-state index in [-0.39, 0.29) is 6.10 Å². The minimum atomic E-state index is -0.244. The van der Waals surface area contributed by atoms with Crippen molar-refractivity contribution in [3.63, 3.8) is 0 Å². The normalized spacial score (nSPS) is 22.9. The topological polar surface area (TPSA) is 62.0 Å². The van der Waals surface area contributed by atoms with Crippen LogP contribution in [0.4, 0.5) is 5.69 Å². The van der Waals surface area contributed by atoms with E-state index in [0.717, 1.165) is 36.5 Å². The Bertz CT molecular complexity index is 465. The van der Waals surface area contributed by atoms with Crippen LogP contribution < -0.4 is 10.5 Å². The van der Waals surface area contributed by atoms with Crippen molar-refractivity contribution < 1.29 is 9.84 Å². The lowest BCUT2D eigenvalue weighted by atomic mass is 10.1. The maximum atomic E-state index is 9.97. The lowest BCUT2D eigenvalue weighted by molar-refractivity contribution is 0.168. The van der Waals surface area contributed by atoms with Gasteiger partial charge in [-0.15, -0.1) is 0 Å². The Kier molecular flexibility index (Phi) is 5.45. The van der Waals surface area contributed by atoms with Gasteiger partial charge in [0.1, 0.15) is 5.75 Å². The second kappa shape index (κ2) is 7.11. The Morgan fingerprint density at radius 3 is 2.86 bits per heavy atom. The number of likely N-dealkylation sites (N-methyl/N-ethyl adjacent to an activating group) is 1. The van der Waals surface area contributed by atoms with Gasteiger partial charge in [-0.1, -0.05) is 0 Å². The molecule has 1 aromatic rings. The Balaban J connectivity index is 2.13. The molecule has 118 valence electrons. The van der Waals surface area contributed by atoms with Crippen LogP contribution in [-0.2, 0) is 6.54 Å². The second-order valence-electron chi connectivity index (χ2n) is 6.04. The average Bonchev–Trinajstić information content (AvgIpc) is 2.72. The number of benzene rings is 1. The van der Waals surface area contributed by atoms with E-state index in [1.807, 2.05) is 25.1 Å². The van der Waals surface area contributed by atoms with Gasteiger partial charge in [0.25, 0.3) is 0 Å². The molecule has 21 heavy (non-hydrogen) atoms. The van der Waals surface area contributed by atoms with Gasteiger partial charge in [0.05, 0.1) is 12.7 Å². The molecule has 0 aromatic heterocycles. The molecule has 5 heteroatoms. The molecule has 2 atom stereocenters. The van der Waals surface area contributed by atoms with Gasteiger partial charge in [-0.3, -0.25) is 4.90 Å². The number of nitrogen functional groups attached to an aromatic ring is 1. The van der Waals surface area contributed by atoms with E-state index in [2.05, 4.69) is 23.9 Å². The van der Waals surface area contributed by atoms with Crippen LogP contribution in [0.2, 0.25) is 0 Å². The minimum absolute atomic E-state index is 0.244. The Labute approximate surface area is 127 Å². The summed E-state index contributed by atoms with van der Waals surface area (Å²) in [7, 11) is 4.13. The molecule has 2 unspecified atom stereocenters. The lowest BCUT2D eigenvalue weighted by Crippen LogP contribution is -2.37. The molecule has 0 aliphatic carbocycles. The standard InChI is InChI=1S/C16H27N3O2/c1-4-21-16-6-5-13(17)7-12(16)9-19-11-15(20)8-14(19)10-18(2)3/h5-7,14-15,20H,4,8-11,17H2,1-3H3. The molecule has 0 bridgehead atoms. The quantitative estimate of drug-likeness (QED) is 0.771. The molecule has 3 N–H and O–H groups in total. The number of nitrogens with two attached hydrogens (primary N) is 1. The maximum absolute atomic E-state index is 9.97. The minimum Gasteiger partial charge on any atom is -0.494 e. The van der Waals surface area contributed by atoms with E-state index < -0.39 is 0 Å². The summed E-state index contributed by atoms with van der Waals surface area (Å²) in [6.45, 7) is 5.04. The number of hydrogen-bond donors (Lipinski definition) is 2. The first-order chi connectivity index (χ1) is 9.99. The molecule has 0 saturated carbocycles. The van der Waals surface area contributed by atoms with Crippen molar-refractivity contribution in [2.24, 2.45) is 0 Å². The number of aliphatic hydroxyl groups is 1.